The molecule has 0 aliphatic heterocycles. The van der Waals surface area contributed by atoms with Crippen LogP contribution in [0.3, 0.4) is 0 Å². The number of para-hydroxylation sites is 2. The highest BCUT2D eigenvalue weighted by molar-refractivity contribution is 5.93. The van der Waals surface area contributed by atoms with Gasteiger partial charge in [0.15, 0.2) is 0 Å². The van der Waals surface area contributed by atoms with Crippen molar-refractivity contribution in [1.82, 2.24) is 19.9 Å². The number of amides is 1. The summed E-state index contributed by atoms with van der Waals surface area (Å²) < 4.78 is 13.2. The van der Waals surface area contributed by atoms with E-state index in [-0.39, 0.29) is 5.91 Å². The molecule has 4 aromatic rings. The van der Waals surface area contributed by atoms with Crippen molar-refractivity contribution in [2.24, 2.45) is 0 Å². The molecule has 4 rings (SSSR count). The average molecular weight is 431 g/mol. The number of benzene rings is 2. The average Bonchev–Trinajstić information content (AvgIpc) is 3.20. The molecule has 0 atom stereocenters. The van der Waals surface area contributed by atoms with Gasteiger partial charge < -0.3 is 19.4 Å². The number of imidazole rings is 1. The number of methoxy groups -OCH3 is 1. The number of nitrogens with zero attached hydrogens (tertiary/aromatic N) is 3. The molecule has 0 spiro atoms. The van der Waals surface area contributed by atoms with E-state index in [9.17, 15) is 4.79 Å². The van der Waals surface area contributed by atoms with Crippen molar-refractivity contribution < 1.29 is 14.3 Å². The van der Waals surface area contributed by atoms with Gasteiger partial charge in [0.25, 0.3) is 5.91 Å². The Morgan fingerprint density at radius 1 is 1.00 bits per heavy atom. The van der Waals surface area contributed by atoms with Gasteiger partial charge in [0, 0.05) is 18.9 Å². The maximum atomic E-state index is 12.4. The molecule has 0 saturated carbocycles. The third kappa shape index (κ3) is 5.24. The second kappa shape index (κ2) is 10.4. The zero-order chi connectivity index (χ0) is 22.2. The minimum Gasteiger partial charge on any atom is -0.497 e. The predicted molar refractivity (Wildman–Crippen MR) is 123 cm³/mol. The summed E-state index contributed by atoms with van der Waals surface area (Å²) in [6, 6.07) is 19.1. The van der Waals surface area contributed by atoms with Crippen molar-refractivity contribution in [1.29, 1.82) is 0 Å². The van der Waals surface area contributed by atoms with E-state index in [1.165, 1.54) is 0 Å². The third-order valence-electron chi connectivity index (χ3n) is 5.17. The molecule has 0 unspecified atom stereocenters. The van der Waals surface area contributed by atoms with Crippen LogP contribution in [-0.4, -0.2) is 34.2 Å². The van der Waals surface area contributed by atoms with Crippen molar-refractivity contribution in [2.75, 3.05) is 13.7 Å². The Hall–Kier alpha value is -3.87. The number of hydrogen-bond acceptors (Lipinski definition) is 5. The van der Waals surface area contributed by atoms with E-state index in [0.717, 1.165) is 47.7 Å². The van der Waals surface area contributed by atoms with E-state index in [0.29, 0.717) is 18.7 Å². The number of carbonyl (C=O) groups is 1. The monoisotopic (exact) mass is 430 g/mol. The maximum absolute atomic E-state index is 12.4. The number of aromatic nitrogens is 3. The number of pyridine rings is 1. The van der Waals surface area contributed by atoms with Crippen LogP contribution < -0.4 is 14.8 Å². The number of nitrogens with one attached hydrogen (secondary N) is 1. The molecule has 0 aliphatic carbocycles. The van der Waals surface area contributed by atoms with Crippen LogP contribution >= 0.6 is 0 Å². The van der Waals surface area contributed by atoms with Gasteiger partial charge in [-0.25, -0.2) is 4.98 Å². The molecule has 0 radical (unpaired) electrons. The van der Waals surface area contributed by atoms with Gasteiger partial charge in [-0.3, -0.25) is 9.78 Å². The number of carbonyl (C=O) groups excluding carboxylic acids is 1. The fourth-order valence-electron chi connectivity index (χ4n) is 3.50. The van der Waals surface area contributed by atoms with Crippen LogP contribution in [-0.2, 0) is 13.1 Å². The fourth-order valence-corrected chi connectivity index (χ4v) is 3.50. The molecular weight excluding hydrogens is 404 g/mol. The van der Waals surface area contributed by atoms with Crippen molar-refractivity contribution in [3.05, 3.63) is 84.4 Å². The highest BCUT2D eigenvalue weighted by Crippen LogP contribution is 2.19. The van der Waals surface area contributed by atoms with Crippen LogP contribution in [0.1, 0.15) is 29.0 Å². The third-order valence-corrected chi connectivity index (χ3v) is 5.17. The highest BCUT2D eigenvalue weighted by atomic mass is 16.5. The Kier molecular flexibility index (Phi) is 6.97. The summed E-state index contributed by atoms with van der Waals surface area (Å²) in [4.78, 5) is 21.1. The van der Waals surface area contributed by atoms with Gasteiger partial charge in [0.05, 0.1) is 36.9 Å². The van der Waals surface area contributed by atoms with Crippen molar-refractivity contribution in [3.8, 4) is 11.5 Å². The summed E-state index contributed by atoms with van der Waals surface area (Å²) in [5.41, 5.74) is 2.52. The summed E-state index contributed by atoms with van der Waals surface area (Å²) in [5.74, 6) is 2.31. The van der Waals surface area contributed by atoms with Crippen LogP contribution in [0.5, 0.6) is 11.5 Å². The number of ether oxygens (including phenoxy) is 2. The smallest absolute Gasteiger partial charge is 0.253 e. The minimum atomic E-state index is -0.162. The molecule has 2 aromatic carbocycles. The summed E-state index contributed by atoms with van der Waals surface area (Å²) in [5, 5.41) is 2.95. The first-order chi connectivity index (χ1) is 15.7. The standard InChI is InChI=1S/C25H26N4O3/c1-31-20-10-12-21(13-11-20)32-16-5-4-15-29-23-9-3-2-8-22(23)28-24(29)18-27-25(30)19-7-6-14-26-17-19/h2-3,6-14,17H,4-5,15-16,18H2,1H3,(H,27,30). The van der Waals surface area contributed by atoms with Crippen LogP contribution in [0.25, 0.3) is 11.0 Å². The molecule has 32 heavy (non-hydrogen) atoms. The quantitative estimate of drug-likeness (QED) is 0.381. The zero-order valence-electron chi connectivity index (χ0n) is 18.0. The molecular formula is C25H26N4O3. The normalized spacial score (nSPS) is 10.8. The molecule has 7 heteroatoms. The Balaban J connectivity index is 1.35. The molecule has 0 fully saturated rings. The molecule has 0 saturated heterocycles. The molecule has 1 N–H and O–H groups in total. The zero-order valence-corrected chi connectivity index (χ0v) is 18.0. The number of hydrogen-bond donors (Lipinski definition) is 1. The maximum Gasteiger partial charge on any atom is 0.253 e. The first-order valence-electron chi connectivity index (χ1n) is 10.6. The summed E-state index contributed by atoms with van der Waals surface area (Å²) in [7, 11) is 1.65. The molecule has 1 amide bonds. The van der Waals surface area contributed by atoms with Crippen LogP contribution in [0.15, 0.2) is 73.1 Å². The van der Waals surface area contributed by atoms with Crippen molar-refractivity contribution in [2.45, 2.75) is 25.9 Å². The highest BCUT2D eigenvalue weighted by Gasteiger charge is 2.12. The lowest BCUT2D eigenvalue weighted by Crippen LogP contribution is -2.25. The van der Waals surface area contributed by atoms with Crippen molar-refractivity contribution in [3.63, 3.8) is 0 Å². The van der Waals surface area contributed by atoms with Gasteiger partial charge in [0.2, 0.25) is 0 Å². The molecule has 0 aliphatic rings. The Bertz CT molecular complexity index is 1160. The van der Waals surface area contributed by atoms with E-state index in [1.54, 1.807) is 31.6 Å². The number of unbranched alkanes of at least 4 members (excludes halogenated alkanes) is 1. The van der Waals surface area contributed by atoms with Gasteiger partial charge in [-0.1, -0.05) is 12.1 Å². The van der Waals surface area contributed by atoms with E-state index in [4.69, 9.17) is 14.5 Å². The minimum absolute atomic E-state index is 0.162. The SMILES string of the molecule is COc1ccc(OCCCCn2c(CNC(=O)c3cccnc3)nc3ccccc32)cc1. The number of fused-ring (bicyclic) bond motifs is 1. The first-order valence-corrected chi connectivity index (χ1v) is 10.6. The molecule has 2 aromatic heterocycles. The molecule has 0 bridgehead atoms. The van der Waals surface area contributed by atoms with Crippen LogP contribution in [0, 0.1) is 0 Å². The second-order valence-corrected chi connectivity index (χ2v) is 7.32. The van der Waals surface area contributed by atoms with Crippen molar-refractivity contribution >= 4 is 16.9 Å². The van der Waals surface area contributed by atoms with Gasteiger partial charge in [0.1, 0.15) is 17.3 Å². The predicted octanol–water partition coefficient (Wildman–Crippen LogP) is 4.23. The summed E-state index contributed by atoms with van der Waals surface area (Å²) >= 11 is 0. The molecule has 164 valence electrons. The van der Waals surface area contributed by atoms with Gasteiger partial charge in [-0.05, 0) is 61.4 Å². The topological polar surface area (TPSA) is 78.3 Å². The molecule has 7 nitrogen and oxygen atoms in total. The van der Waals surface area contributed by atoms with Crippen LogP contribution in [0.4, 0.5) is 0 Å². The lowest BCUT2D eigenvalue weighted by atomic mass is 10.2. The van der Waals surface area contributed by atoms with Gasteiger partial charge in [-0.2, -0.15) is 0 Å². The number of aryl methyl sites for hydroxylation is 1. The van der Waals surface area contributed by atoms with E-state index in [2.05, 4.69) is 20.9 Å². The number of rotatable bonds is 10. The Morgan fingerprint density at radius 2 is 1.81 bits per heavy atom. The summed E-state index contributed by atoms with van der Waals surface area (Å²) in [6.45, 7) is 1.78. The Morgan fingerprint density at radius 3 is 2.59 bits per heavy atom. The fraction of sp³-hybridized carbons (Fsp3) is 0.240. The first kappa shape index (κ1) is 21.4. The van der Waals surface area contributed by atoms with E-state index in [1.807, 2.05) is 42.5 Å². The lowest BCUT2D eigenvalue weighted by molar-refractivity contribution is 0.0949. The van der Waals surface area contributed by atoms with E-state index >= 15 is 0 Å². The van der Waals surface area contributed by atoms with Crippen LogP contribution in [0.2, 0.25) is 0 Å². The second-order valence-electron chi connectivity index (χ2n) is 7.32. The van der Waals surface area contributed by atoms with Gasteiger partial charge >= 0.3 is 0 Å². The van der Waals surface area contributed by atoms with Gasteiger partial charge in [-0.15, -0.1) is 0 Å². The largest absolute Gasteiger partial charge is 0.497 e. The van der Waals surface area contributed by atoms with E-state index < -0.39 is 0 Å². The summed E-state index contributed by atoms with van der Waals surface area (Å²) in [6.07, 6.45) is 5.04. The molecule has 2 heterocycles. The lowest BCUT2D eigenvalue weighted by Gasteiger charge is -2.11. The Labute approximate surface area is 187 Å².